The molecule has 0 unspecified atom stereocenters. The van der Waals surface area contributed by atoms with Gasteiger partial charge in [-0.3, -0.25) is 4.79 Å². The molecule has 1 N–H and O–H groups in total. The molecule has 0 spiro atoms. The van der Waals surface area contributed by atoms with E-state index in [1.165, 1.54) is 28.6 Å². The normalized spacial score (nSPS) is 11.7. The zero-order valence-corrected chi connectivity index (χ0v) is 18.0. The lowest BCUT2D eigenvalue weighted by molar-refractivity contribution is 0.102. The van der Waals surface area contributed by atoms with Gasteiger partial charge in [0.25, 0.3) is 5.91 Å². The van der Waals surface area contributed by atoms with Gasteiger partial charge in [0.05, 0.1) is 16.1 Å². The van der Waals surface area contributed by atoms with Crippen molar-refractivity contribution in [3.8, 4) is 6.07 Å². The van der Waals surface area contributed by atoms with Crippen molar-refractivity contribution in [3.63, 3.8) is 0 Å². The molecule has 2 aromatic rings. The average Bonchev–Trinajstić information content (AvgIpc) is 2.67. The molecule has 0 aliphatic heterocycles. The lowest BCUT2D eigenvalue weighted by atomic mass is 10.1. The summed E-state index contributed by atoms with van der Waals surface area (Å²) in [5.41, 5.74) is 1.09. The largest absolute Gasteiger partial charge is 0.321 e. The van der Waals surface area contributed by atoms with Crippen molar-refractivity contribution in [3.05, 3.63) is 59.7 Å². The lowest BCUT2D eigenvalue weighted by Crippen LogP contribution is -2.37. The third-order valence-electron chi connectivity index (χ3n) is 4.19. The fraction of sp³-hybridized carbons (Fsp3) is 0.364. The van der Waals surface area contributed by atoms with Crippen molar-refractivity contribution < 1.29 is 13.2 Å². The predicted octanol–water partition coefficient (Wildman–Crippen LogP) is 4.11. The molecular weight excluding hydrogens is 386 g/mol. The highest BCUT2D eigenvalue weighted by Gasteiger charge is 2.26. The van der Waals surface area contributed by atoms with Crippen LogP contribution in [0.3, 0.4) is 0 Å². The predicted molar refractivity (Wildman–Crippen MR) is 114 cm³/mol. The van der Waals surface area contributed by atoms with E-state index in [4.69, 9.17) is 5.26 Å². The van der Waals surface area contributed by atoms with Crippen molar-refractivity contribution in [1.82, 2.24) is 4.31 Å². The molecule has 0 bridgehead atoms. The number of carbonyl (C=O) groups excluding carboxylic acids is 1. The number of anilines is 1. The zero-order chi connectivity index (χ0) is 21.6. The van der Waals surface area contributed by atoms with Crippen LogP contribution in [-0.4, -0.2) is 31.7 Å². The van der Waals surface area contributed by atoms with Gasteiger partial charge in [0.15, 0.2) is 0 Å². The number of amides is 1. The van der Waals surface area contributed by atoms with Gasteiger partial charge in [0, 0.05) is 18.7 Å². The van der Waals surface area contributed by atoms with Crippen LogP contribution in [0.2, 0.25) is 0 Å². The molecule has 2 rings (SSSR count). The maximum absolute atomic E-state index is 13.0. The molecule has 0 atom stereocenters. The van der Waals surface area contributed by atoms with E-state index in [1.54, 1.807) is 24.3 Å². The highest BCUT2D eigenvalue weighted by Crippen LogP contribution is 2.20. The van der Waals surface area contributed by atoms with Gasteiger partial charge in [-0.05, 0) is 48.2 Å². The summed E-state index contributed by atoms with van der Waals surface area (Å²) in [5, 5.41) is 11.8. The van der Waals surface area contributed by atoms with E-state index in [9.17, 15) is 13.2 Å². The first-order valence-electron chi connectivity index (χ1n) is 9.55. The van der Waals surface area contributed by atoms with Crippen molar-refractivity contribution in [2.45, 2.75) is 32.6 Å². The highest BCUT2D eigenvalue weighted by molar-refractivity contribution is 7.89. The van der Waals surface area contributed by atoms with Crippen molar-refractivity contribution >= 4 is 21.6 Å². The molecule has 0 radical (unpaired) electrons. The van der Waals surface area contributed by atoms with Crippen LogP contribution in [0.1, 0.15) is 43.6 Å². The Labute approximate surface area is 173 Å². The van der Waals surface area contributed by atoms with E-state index in [-0.39, 0.29) is 16.7 Å². The maximum Gasteiger partial charge on any atom is 0.255 e. The third kappa shape index (κ3) is 5.89. The van der Waals surface area contributed by atoms with Gasteiger partial charge in [0.2, 0.25) is 10.0 Å². The molecule has 29 heavy (non-hydrogen) atoms. The Bertz CT molecular complexity index is 981. The number of nitrogens with one attached hydrogen (secondary N) is 1. The Morgan fingerprint density at radius 2 is 1.55 bits per heavy atom. The minimum Gasteiger partial charge on any atom is -0.321 e. The van der Waals surface area contributed by atoms with Crippen LogP contribution in [0.15, 0.2) is 53.4 Å². The van der Waals surface area contributed by atoms with Crippen LogP contribution < -0.4 is 5.32 Å². The minimum absolute atomic E-state index is 0.160. The summed E-state index contributed by atoms with van der Waals surface area (Å²) < 4.78 is 27.6. The first kappa shape index (κ1) is 22.6. The standard InChI is InChI=1S/C22H27N3O3S/c1-16(2)14-25(15-17(3)4)29(27,28)20-11-9-18(10-12-20)22(26)24-21-8-6-5-7-19(21)13-23/h5-12,16-17H,14-15H2,1-4H3,(H,24,26). The molecule has 0 heterocycles. The molecule has 0 saturated heterocycles. The number of hydrogen-bond acceptors (Lipinski definition) is 4. The van der Waals surface area contributed by atoms with Gasteiger partial charge in [-0.25, -0.2) is 8.42 Å². The summed E-state index contributed by atoms with van der Waals surface area (Å²) in [6, 6.07) is 14.6. The number of carbonyl (C=O) groups is 1. The van der Waals surface area contributed by atoms with Crippen LogP contribution in [0.25, 0.3) is 0 Å². The Morgan fingerprint density at radius 1 is 1.00 bits per heavy atom. The van der Waals surface area contributed by atoms with Crippen molar-refractivity contribution in [2.75, 3.05) is 18.4 Å². The molecule has 6 nitrogen and oxygen atoms in total. The highest BCUT2D eigenvalue weighted by atomic mass is 32.2. The van der Waals surface area contributed by atoms with Gasteiger partial charge in [0.1, 0.15) is 6.07 Å². The van der Waals surface area contributed by atoms with Gasteiger partial charge in [-0.1, -0.05) is 39.8 Å². The van der Waals surface area contributed by atoms with Crippen LogP contribution in [-0.2, 0) is 10.0 Å². The summed E-state index contributed by atoms with van der Waals surface area (Å²) >= 11 is 0. The second-order valence-electron chi connectivity index (χ2n) is 7.75. The Morgan fingerprint density at radius 3 is 2.07 bits per heavy atom. The Hall–Kier alpha value is -2.69. The second kappa shape index (κ2) is 9.68. The third-order valence-corrected chi connectivity index (χ3v) is 6.03. The van der Waals surface area contributed by atoms with Gasteiger partial charge >= 0.3 is 0 Å². The van der Waals surface area contributed by atoms with E-state index in [1.807, 2.05) is 33.8 Å². The smallest absolute Gasteiger partial charge is 0.255 e. The van der Waals surface area contributed by atoms with Gasteiger partial charge in [-0.15, -0.1) is 0 Å². The summed E-state index contributed by atoms with van der Waals surface area (Å²) in [5.74, 6) is 0.000391. The van der Waals surface area contributed by atoms with Crippen LogP contribution in [0.5, 0.6) is 0 Å². The van der Waals surface area contributed by atoms with E-state index in [0.717, 1.165) is 0 Å². The first-order chi connectivity index (χ1) is 13.6. The SMILES string of the molecule is CC(C)CN(CC(C)C)S(=O)(=O)c1ccc(C(=O)Nc2ccccc2C#N)cc1. The number of sulfonamides is 1. The van der Waals surface area contributed by atoms with Gasteiger partial charge < -0.3 is 5.32 Å². The van der Waals surface area contributed by atoms with E-state index in [2.05, 4.69) is 5.32 Å². The van der Waals surface area contributed by atoms with E-state index >= 15 is 0 Å². The molecule has 7 heteroatoms. The summed E-state index contributed by atoms with van der Waals surface area (Å²) in [7, 11) is -3.64. The number of para-hydroxylation sites is 1. The maximum atomic E-state index is 13.0. The molecule has 154 valence electrons. The molecule has 2 aromatic carbocycles. The summed E-state index contributed by atoms with van der Waals surface area (Å²) in [6.07, 6.45) is 0. The molecule has 1 amide bonds. The van der Waals surface area contributed by atoms with Crippen molar-refractivity contribution in [2.24, 2.45) is 11.8 Å². The molecule has 0 saturated carbocycles. The molecule has 0 aromatic heterocycles. The number of nitriles is 1. The van der Waals surface area contributed by atoms with Crippen LogP contribution in [0.4, 0.5) is 5.69 Å². The Balaban J connectivity index is 2.23. The van der Waals surface area contributed by atoms with E-state index < -0.39 is 15.9 Å². The molecular formula is C22H27N3O3S. The second-order valence-corrected chi connectivity index (χ2v) is 9.68. The first-order valence-corrected chi connectivity index (χ1v) is 11.0. The number of nitrogens with zero attached hydrogens (tertiary/aromatic N) is 2. The fourth-order valence-corrected chi connectivity index (χ4v) is 4.66. The molecule has 0 aliphatic rings. The monoisotopic (exact) mass is 413 g/mol. The minimum atomic E-state index is -3.64. The number of hydrogen-bond donors (Lipinski definition) is 1. The van der Waals surface area contributed by atoms with Crippen LogP contribution in [0, 0.1) is 23.2 Å². The molecule has 0 fully saturated rings. The summed E-state index contributed by atoms with van der Waals surface area (Å²) in [4.78, 5) is 12.6. The lowest BCUT2D eigenvalue weighted by Gasteiger charge is -2.25. The van der Waals surface area contributed by atoms with E-state index in [0.29, 0.717) is 29.9 Å². The topological polar surface area (TPSA) is 90.3 Å². The number of benzene rings is 2. The average molecular weight is 414 g/mol. The van der Waals surface area contributed by atoms with Crippen LogP contribution >= 0.6 is 0 Å². The Kier molecular flexibility index (Phi) is 7.54. The zero-order valence-electron chi connectivity index (χ0n) is 17.2. The quantitative estimate of drug-likeness (QED) is 0.705. The number of rotatable bonds is 8. The summed E-state index contributed by atoms with van der Waals surface area (Å²) in [6.45, 7) is 8.80. The van der Waals surface area contributed by atoms with Crippen molar-refractivity contribution in [1.29, 1.82) is 5.26 Å². The van der Waals surface area contributed by atoms with Gasteiger partial charge in [-0.2, -0.15) is 9.57 Å². The molecule has 0 aliphatic carbocycles. The fourth-order valence-electron chi connectivity index (χ4n) is 2.90.